The number of rotatable bonds is 18. The van der Waals surface area contributed by atoms with Crippen molar-refractivity contribution in [1.29, 1.82) is 0 Å². The van der Waals surface area contributed by atoms with Crippen LogP contribution in [0, 0.1) is 0 Å². The Balaban J connectivity index is 0.000000207. The summed E-state index contributed by atoms with van der Waals surface area (Å²) >= 11 is 6.06. The first-order valence-electron chi connectivity index (χ1n) is 22.8. The molecule has 16 nitrogen and oxygen atoms in total. The summed E-state index contributed by atoms with van der Waals surface area (Å²) in [6.07, 6.45) is -6.36. The van der Waals surface area contributed by atoms with E-state index in [0.29, 0.717) is 45.7 Å². The second-order valence-corrected chi connectivity index (χ2v) is 21.0. The molecule has 0 aliphatic heterocycles. The third-order valence-electron chi connectivity index (χ3n) is 10.7. The number of nitrogens with one attached hydrogen (secondary N) is 1. The van der Waals surface area contributed by atoms with Crippen molar-refractivity contribution in [1.82, 2.24) is 19.9 Å². The van der Waals surface area contributed by atoms with Gasteiger partial charge in [0, 0.05) is 22.9 Å². The molecule has 2 aromatic heterocycles. The van der Waals surface area contributed by atoms with Crippen LogP contribution in [-0.4, -0.2) is 88.1 Å². The number of hydrogen-bond donors (Lipinski definition) is 2. The molecule has 0 fully saturated rings. The summed E-state index contributed by atoms with van der Waals surface area (Å²) < 4.78 is 154. The van der Waals surface area contributed by atoms with Crippen LogP contribution in [0.25, 0.3) is 21.8 Å². The van der Waals surface area contributed by atoms with Gasteiger partial charge in [-0.2, -0.15) is 26.3 Å². The Morgan fingerprint density at radius 2 is 0.987 bits per heavy atom. The molecule has 0 amide bonds. The second kappa shape index (κ2) is 25.8. The fourth-order valence-electron chi connectivity index (χ4n) is 6.77. The summed E-state index contributed by atoms with van der Waals surface area (Å²) in [7, 11) is -4.03. The summed E-state index contributed by atoms with van der Waals surface area (Å²) in [6.45, 7) is 0.649. The summed E-state index contributed by atoms with van der Waals surface area (Å²) in [5, 5.41) is 4.51. The zero-order valence-electron chi connectivity index (χ0n) is 41.4. The Hall–Kier alpha value is -7.83. The lowest BCUT2D eigenvalue weighted by Crippen LogP contribution is -2.19. The summed E-state index contributed by atoms with van der Waals surface area (Å²) in [5.74, 6) is 1.55. The minimum absolute atomic E-state index is 0.00727. The predicted octanol–water partition coefficient (Wildman–Crippen LogP) is 11.6. The van der Waals surface area contributed by atoms with E-state index in [1.807, 2.05) is 66.7 Å². The van der Waals surface area contributed by atoms with Crippen molar-refractivity contribution in [3.8, 4) is 34.5 Å². The number of nitrogen functional groups attached to an aromatic ring is 1. The van der Waals surface area contributed by atoms with E-state index in [1.165, 1.54) is 57.9 Å². The topological polar surface area (TPSA) is 213 Å². The van der Waals surface area contributed by atoms with Gasteiger partial charge in [0.1, 0.15) is 48.3 Å². The largest absolute Gasteiger partial charge is 0.493 e. The van der Waals surface area contributed by atoms with E-state index in [1.54, 1.807) is 25.3 Å². The fourth-order valence-corrected chi connectivity index (χ4v) is 8.79. The standard InChI is InChI=1S/C26H24F3N3O5S.C16H13ClN2O2.C10H12F3NO3S/c1-3-38(33,34)18-9-10-22(37-15-26(27,28)29)21(11-18)32-25-19-12-23(35-2)24(13-20(19)30-16-31-25)36-14-17-7-5-4-6-8-17;1-20-14-7-12-13(18-10-19-16(12)17)8-15(14)21-9-11-5-3-2-4-6-11;1-2-18(15,16)7-3-4-9(8(14)5-7)17-6-10(11,12)13/h4-13,16H,3,14-15H2,1-2H3,(H,30,31,32);2-8,10H,9H2,1H3;3-5H,2,6,14H2,1H3. The fraction of sp³-hybridized carbons (Fsp3) is 0.231. The highest BCUT2D eigenvalue weighted by Crippen LogP contribution is 2.38. The number of methoxy groups -OCH3 is 2. The van der Waals surface area contributed by atoms with Crippen molar-refractivity contribution < 1.29 is 71.6 Å². The number of alkyl halides is 6. The molecule has 0 saturated heterocycles. The van der Waals surface area contributed by atoms with Gasteiger partial charge in [-0.1, -0.05) is 86.1 Å². The first-order valence-corrected chi connectivity index (χ1v) is 26.5. The quantitative estimate of drug-likeness (QED) is 0.0464. The van der Waals surface area contributed by atoms with Gasteiger partial charge in [-0.3, -0.25) is 0 Å². The van der Waals surface area contributed by atoms with Crippen LogP contribution in [-0.2, 0) is 32.9 Å². The Bertz CT molecular complexity index is 3520. The van der Waals surface area contributed by atoms with Crippen molar-refractivity contribution in [2.24, 2.45) is 0 Å². The molecular formula is C52H49ClF6N6O10S2. The highest BCUT2D eigenvalue weighted by atomic mass is 35.5. The molecule has 408 valence electrons. The monoisotopic (exact) mass is 1130 g/mol. The van der Waals surface area contributed by atoms with Gasteiger partial charge in [0.2, 0.25) is 0 Å². The summed E-state index contributed by atoms with van der Waals surface area (Å²) in [5.41, 5.74) is 8.51. The lowest BCUT2D eigenvalue weighted by molar-refractivity contribution is -0.154. The van der Waals surface area contributed by atoms with Crippen molar-refractivity contribution in [3.63, 3.8) is 0 Å². The average molecular weight is 1130 g/mol. The van der Waals surface area contributed by atoms with Crippen molar-refractivity contribution in [2.45, 2.75) is 49.2 Å². The molecule has 0 unspecified atom stereocenters. The van der Waals surface area contributed by atoms with E-state index in [0.717, 1.165) is 34.2 Å². The van der Waals surface area contributed by atoms with Crippen LogP contribution >= 0.6 is 11.6 Å². The normalized spacial score (nSPS) is 11.6. The Morgan fingerprint density at radius 3 is 1.47 bits per heavy atom. The van der Waals surface area contributed by atoms with Gasteiger partial charge in [-0.05, 0) is 59.7 Å². The molecule has 8 rings (SSSR count). The highest BCUT2D eigenvalue weighted by molar-refractivity contribution is 7.91. The van der Waals surface area contributed by atoms with E-state index < -0.39 is 45.2 Å². The molecule has 0 bridgehead atoms. The van der Waals surface area contributed by atoms with Crippen molar-refractivity contribution >= 4 is 70.3 Å². The number of fused-ring (bicyclic) bond motifs is 2. The lowest BCUT2D eigenvalue weighted by Gasteiger charge is -2.17. The first-order chi connectivity index (χ1) is 36.5. The Morgan fingerprint density at radius 1 is 0.532 bits per heavy atom. The summed E-state index contributed by atoms with van der Waals surface area (Å²) in [4.78, 5) is 16.5. The van der Waals surface area contributed by atoms with E-state index in [-0.39, 0.29) is 56.6 Å². The van der Waals surface area contributed by atoms with Crippen LogP contribution in [0.3, 0.4) is 0 Å². The minimum atomic E-state index is -4.59. The van der Waals surface area contributed by atoms with Crippen LogP contribution < -0.4 is 39.5 Å². The number of nitrogens with two attached hydrogens (primary N) is 1. The third-order valence-corrected chi connectivity index (χ3v) is 14.5. The molecular weight excluding hydrogens is 1080 g/mol. The molecule has 0 aliphatic carbocycles. The Kier molecular flexibility index (Phi) is 19.6. The maximum absolute atomic E-state index is 12.8. The van der Waals surface area contributed by atoms with Gasteiger partial charge < -0.3 is 39.5 Å². The molecule has 8 aromatic rings. The number of ether oxygens (including phenoxy) is 6. The van der Waals surface area contributed by atoms with Gasteiger partial charge in [-0.15, -0.1) is 0 Å². The van der Waals surface area contributed by atoms with Crippen LogP contribution in [0.5, 0.6) is 34.5 Å². The molecule has 25 heteroatoms. The molecule has 3 N–H and O–H groups in total. The lowest BCUT2D eigenvalue weighted by atomic mass is 10.2. The van der Waals surface area contributed by atoms with E-state index >= 15 is 0 Å². The summed E-state index contributed by atoms with van der Waals surface area (Å²) in [6, 6.07) is 33.3. The van der Waals surface area contributed by atoms with Gasteiger partial charge >= 0.3 is 12.4 Å². The van der Waals surface area contributed by atoms with Crippen LogP contribution in [0.2, 0.25) is 5.15 Å². The van der Waals surface area contributed by atoms with Gasteiger partial charge in [0.15, 0.2) is 55.9 Å². The molecule has 0 radical (unpaired) electrons. The van der Waals surface area contributed by atoms with Crippen molar-refractivity contribution in [2.75, 3.05) is 50.0 Å². The van der Waals surface area contributed by atoms with Crippen LogP contribution in [0.15, 0.2) is 144 Å². The number of aromatic nitrogens is 4. The predicted molar refractivity (Wildman–Crippen MR) is 278 cm³/mol. The minimum Gasteiger partial charge on any atom is -0.493 e. The van der Waals surface area contributed by atoms with E-state index in [9.17, 15) is 43.2 Å². The zero-order valence-corrected chi connectivity index (χ0v) is 43.7. The molecule has 6 aromatic carbocycles. The number of benzene rings is 6. The number of halogens is 7. The van der Waals surface area contributed by atoms with Crippen LogP contribution in [0.1, 0.15) is 25.0 Å². The van der Waals surface area contributed by atoms with E-state index in [2.05, 4.69) is 30.0 Å². The van der Waals surface area contributed by atoms with Gasteiger partial charge in [-0.25, -0.2) is 36.8 Å². The van der Waals surface area contributed by atoms with E-state index in [4.69, 9.17) is 41.0 Å². The van der Waals surface area contributed by atoms with Gasteiger partial charge in [0.25, 0.3) is 0 Å². The SMILES string of the molecule is CCS(=O)(=O)c1ccc(OCC(F)(F)F)c(N)c1.CCS(=O)(=O)c1ccc(OCC(F)(F)F)c(Nc2ncnc3cc(OCc4ccccc4)c(OC)cc23)c1.COc1cc2c(Cl)ncnc2cc1OCc1ccccc1. The van der Waals surface area contributed by atoms with Crippen LogP contribution in [0.4, 0.5) is 43.5 Å². The zero-order chi connectivity index (χ0) is 56.0. The molecule has 0 saturated carbocycles. The molecule has 2 heterocycles. The molecule has 0 atom stereocenters. The number of hydrogen-bond acceptors (Lipinski definition) is 16. The third kappa shape index (κ3) is 16.6. The molecule has 77 heavy (non-hydrogen) atoms. The highest BCUT2D eigenvalue weighted by Gasteiger charge is 2.30. The number of nitrogens with zero attached hydrogens (tertiary/aromatic N) is 4. The smallest absolute Gasteiger partial charge is 0.422 e. The van der Waals surface area contributed by atoms with Crippen molar-refractivity contribution in [3.05, 3.63) is 150 Å². The molecule has 0 aliphatic rings. The number of sulfone groups is 2. The number of anilines is 3. The Labute approximate surface area is 443 Å². The molecule has 0 spiro atoms. The average Bonchev–Trinajstić information content (AvgIpc) is 3.42. The maximum atomic E-state index is 12.8. The van der Waals surface area contributed by atoms with Gasteiger partial charge in [0.05, 0.1) is 57.9 Å². The maximum Gasteiger partial charge on any atom is 0.422 e. The second-order valence-electron chi connectivity index (χ2n) is 16.1. The first kappa shape index (κ1) is 58.4.